The standard InChI is InChI=1S/C18H34O4.CH2Cl2/c1-3-5-15-21-17(19)13-11-9-7-8-10-12-14-18(20)22-16-6-4-2;2-1-3/h3-16H2,1-2H3;1H2. The molecule has 0 aliphatic rings. The number of esters is 2. The molecule has 0 bridgehead atoms. The molecule has 0 saturated carbocycles. The van der Waals surface area contributed by atoms with Gasteiger partial charge in [-0.05, 0) is 25.7 Å². The fourth-order valence-electron chi connectivity index (χ4n) is 2.05. The van der Waals surface area contributed by atoms with Gasteiger partial charge in [-0.25, -0.2) is 0 Å². The van der Waals surface area contributed by atoms with Crippen LogP contribution >= 0.6 is 23.2 Å². The zero-order chi connectivity index (χ0) is 19.2. The van der Waals surface area contributed by atoms with Crippen molar-refractivity contribution < 1.29 is 19.1 Å². The molecule has 0 aromatic rings. The third-order valence-corrected chi connectivity index (χ3v) is 3.53. The molecule has 0 aliphatic heterocycles. The van der Waals surface area contributed by atoms with Crippen LogP contribution in [0.5, 0.6) is 0 Å². The quantitative estimate of drug-likeness (QED) is 0.186. The summed E-state index contributed by atoms with van der Waals surface area (Å²) in [6.07, 6.45) is 11.3. The van der Waals surface area contributed by atoms with Crippen molar-refractivity contribution in [1.29, 1.82) is 0 Å². The second-order valence-corrected chi connectivity index (χ2v) is 6.68. The Morgan fingerprint density at radius 1 is 0.640 bits per heavy atom. The van der Waals surface area contributed by atoms with Gasteiger partial charge in [-0.3, -0.25) is 9.59 Å². The zero-order valence-electron chi connectivity index (χ0n) is 16.0. The zero-order valence-corrected chi connectivity index (χ0v) is 17.5. The van der Waals surface area contributed by atoms with E-state index in [2.05, 4.69) is 13.8 Å². The summed E-state index contributed by atoms with van der Waals surface area (Å²) in [4.78, 5) is 22.7. The third-order valence-electron chi connectivity index (χ3n) is 3.53. The Hall–Kier alpha value is -0.480. The first-order valence-corrected chi connectivity index (χ1v) is 10.6. The molecule has 0 rings (SSSR count). The van der Waals surface area contributed by atoms with Gasteiger partial charge in [0, 0.05) is 12.8 Å². The third kappa shape index (κ3) is 25.9. The molecule has 0 saturated heterocycles. The summed E-state index contributed by atoms with van der Waals surface area (Å²) in [6, 6.07) is 0. The molecule has 0 radical (unpaired) electrons. The number of carbonyl (C=O) groups is 2. The van der Waals surface area contributed by atoms with Crippen molar-refractivity contribution in [2.24, 2.45) is 0 Å². The van der Waals surface area contributed by atoms with Gasteiger partial charge in [-0.1, -0.05) is 52.4 Å². The monoisotopic (exact) mass is 398 g/mol. The fraction of sp³-hybridized carbons (Fsp3) is 0.895. The Balaban J connectivity index is 0. The lowest BCUT2D eigenvalue weighted by atomic mass is 10.1. The van der Waals surface area contributed by atoms with E-state index in [1.165, 1.54) is 0 Å². The van der Waals surface area contributed by atoms with Crippen LogP contribution in [0, 0.1) is 0 Å². The molecule has 0 aromatic carbocycles. The summed E-state index contributed by atoms with van der Waals surface area (Å²) in [5.74, 6) is -0.133. The van der Waals surface area contributed by atoms with Crippen molar-refractivity contribution in [3.05, 3.63) is 0 Å². The molecular weight excluding hydrogens is 363 g/mol. The van der Waals surface area contributed by atoms with Gasteiger partial charge in [0.15, 0.2) is 0 Å². The number of alkyl halides is 2. The molecule has 25 heavy (non-hydrogen) atoms. The van der Waals surface area contributed by atoms with Crippen LogP contribution in [0.4, 0.5) is 0 Å². The number of hydrogen-bond donors (Lipinski definition) is 0. The Kier molecular flexibility index (Phi) is 25.2. The predicted molar refractivity (Wildman–Crippen MR) is 105 cm³/mol. The first kappa shape index (κ1) is 26.7. The SMILES string of the molecule is CCCCOC(=O)CCCCCCCCC(=O)OCCCC.ClCCl. The highest BCUT2D eigenvalue weighted by molar-refractivity contribution is 6.40. The largest absolute Gasteiger partial charge is 0.466 e. The number of hydrogen-bond acceptors (Lipinski definition) is 4. The molecule has 0 N–H and O–H groups in total. The number of unbranched alkanes of at least 4 members (excludes halogenated alkanes) is 7. The Morgan fingerprint density at radius 3 is 1.28 bits per heavy atom. The molecule has 0 fully saturated rings. The number of rotatable bonds is 15. The smallest absolute Gasteiger partial charge is 0.305 e. The number of ether oxygens (including phenoxy) is 2. The van der Waals surface area contributed by atoms with Crippen molar-refractivity contribution in [2.45, 2.75) is 90.9 Å². The maximum Gasteiger partial charge on any atom is 0.305 e. The van der Waals surface area contributed by atoms with Crippen molar-refractivity contribution in [1.82, 2.24) is 0 Å². The average molecular weight is 399 g/mol. The lowest BCUT2D eigenvalue weighted by Gasteiger charge is -2.05. The molecular formula is C19H36Cl2O4. The fourth-order valence-corrected chi connectivity index (χ4v) is 2.05. The summed E-state index contributed by atoms with van der Waals surface area (Å²) in [7, 11) is 0. The Morgan fingerprint density at radius 2 is 0.960 bits per heavy atom. The Bertz CT molecular complexity index is 271. The predicted octanol–water partition coefficient (Wildman–Crippen LogP) is 6.22. The van der Waals surface area contributed by atoms with Gasteiger partial charge >= 0.3 is 11.9 Å². The second kappa shape index (κ2) is 23.5. The normalized spacial score (nSPS) is 9.92. The minimum Gasteiger partial charge on any atom is -0.466 e. The number of carbonyl (C=O) groups excluding carboxylic acids is 2. The molecule has 0 aromatic heterocycles. The first-order valence-electron chi connectivity index (χ1n) is 9.55. The van der Waals surface area contributed by atoms with Gasteiger partial charge in [0.1, 0.15) is 0 Å². The van der Waals surface area contributed by atoms with Gasteiger partial charge < -0.3 is 9.47 Å². The minimum atomic E-state index is -0.0664. The number of halogens is 2. The minimum absolute atomic E-state index is 0.0664. The van der Waals surface area contributed by atoms with Crippen LogP contribution in [-0.2, 0) is 19.1 Å². The first-order chi connectivity index (χ1) is 12.1. The highest BCUT2D eigenvalue weighted by atomic mass is 35.5. The topological polar surface area (TPSA) is 52.6 Å². The van der Waals surface area contributed by atoms with Gasteiger partial charge in [-0.2, -0.15) is 0 Å². The van der Waals surface area contributed by atoms with Crippen LogP contribution < -0.4 is 0 Å². The lowest BCUT2D eigenvalue weighted by Crippen LogP contribution is -2.05. The van der Waals surface area contributed by atoms with Crippen molar-refractivity contribution in [3.63, 3.8) is 0 Å². The van der Waals surface area contributed by atoms with E-state index in [0.29, 0.717) is 26.1 Å². The van der Waals surface area contributed by atoms with Crippen molar-refractivity contribution >= 4 is 35.1 Å². The average Bonchev–Trinajstić information content (AvgIpc) is 2.58. The van der Waals surface area contributed by atoms with E-state index >= 15 is 0 Å². The van der Waals surface area contributed by atoms with Crippen LogP contribution in [0.3, 0.4) is 0 Å². The van der Waals surface area contributed by atoms with Crippen LogP contribution in [0.25, 0.3) is 0 Å². The summed E-state index contributed by atoms with van der Waals surface area (Å²) < 4.78 is 10.2. The molecule has 0 atom stereocenters. The van der Waals surface area contributed by atoms with Gasteiger partial charge in [-0.15, -0.1) is 23.2 Å². The summed E-state index contributed by atoms with van der Waals surface area (Å²) in [6.45, 7) is 5.28. The van der Waals surface area contributed by atoms with Crippen LogP contribution in [0.15, 0.2) is 0 Å². The van der Waals surface area contributed by atoms with Gasteiger partial charge in [0.05, 0.1) is 18.6 Å². The highest BCUT2D eigenvalue weighted by Gasteiger charge is 2.03. The van der Waals surface area contributed by atoms with E-state index in [9.17, 15) is 9.59 Å². The van der Waals surface area contributed by atoms with Crippen LogP contribution in [-0.4, -0.2) is 30.5 Å². The molecule has 0 spiro atoms. The molecule has 0 heterocycles. The van der Waals surface area contributed by atoms with Crippen LogP contribution in [0.1, 0.15) is 90.9 Å². The van der Waals surface area contributed by atoms with E-state index in [0.717, 1.165) is 64.2 Å². The van der Waals surface area contributed by atoms with Crippen molar-refractivity contribution in [3.8, 4) is 0 Å². The molecule has 150 valence electrons. The van der Waals surface area contributed by atoms with Gasteiger partial charge in [0.2, 0.25) is 0 Å². The van der Waals surface area contributed by atoms with Crippen LogP contribution in [0.2, 0.25) is 0 Å². The molecule has 0 amide bonds. The van der Waals surface area contributed by atoms with Crippen molar-refractivity contribution in [2.75, 3.05) is 18.6 Å². The van der Waals surface area contributed by atoms with E-state index < -0.39 is 0 Å². The maximum absolute atomic E-state index is 11.4. The summed E-state index contributed by atoms with van der Waals surface area (Å²) in [5, 5.41) is 0.194. The molecule has 0 unspecified atom stereocenters. The summed E-state index contributed by atoms with van der Waals surface area (Å²) >= 11 is 9.53. The second-order valence-electron chi connectivity index (χ2n) is 5.87. The molecule has 0 aliphatic carbocycles. The highest BCUT2D eigenvalue weighted by Crippen LogP contribution is 2.10. The summed E-state index contributed by atoms with van der Waals surface area (Å²) in [5.41, 5.74) is 0. The maximum atomic E-state index is 11.4. The Labute approximate surface area is 163 Å². The van der Waals surface area contributed by atoms with E-state index in [-0.39, 0.29) is 17.3 Å². The lowest BCUT2D eigenvalue weighted by molar-refractivity contribution is -0.144. The molecule has 6 heteroatoms. The molecule has 4 nitrogen and oxygen atoms in total. The van der Waals surface area contributed by atoms with E-state index in [1.807, 2.05) is 0 Å². The van der Waals surface area contributed by atoms with Gasteiger partial charge in [0.25, 0.3) is 0 Å². The van der Waals surface area contributed by atoms with E-state index in [4.69, 9.17) is 32.7 Å². The van der Waals surface area contributed by atoms with E-state index in [1.54, 1.807) is 0 Å².